The molecule has 1 heterocycles. The molecule has 1 unspecified atom stereocenters. The fourth-order valence-corrected chi connectivity index (χ4v) is 3.12. The summed E-state index contributed by atoms with van der Waals surface area (Å²) < 4.78 is 0. The van der Waals surface area contributed by atoms with E-state index in [9.17, 15) is 0 Å². The standard InChI is InChI=1S/C17H24N4/c1-4-21-19-13(3)17(20-21)11-18-16-7-5-6-14-9-8-12(2)10-15(14)16/h8-10,16,18H,4-7,11H2,1-3H3. The second-order valence-corrected chi connectivity index (χ2v) is 5.95. The van der Waals surface area contributed by atoms with Crippen LogP contribution < -0.4 is 5.32 Å². The van der Waals surface area contributed by atoms with Crippen LogP contribution in [0.2, 0.25) is 0 Å². The van der Waals surface area contributed by atoms with Crippen molar-refractivity contribution in [2.75, 3.05) is 0 Å². The molecule has 0 radical (unpaired) electrons. The van der Waals surface area contributed by atoms with Crippen LogP contribution in [0.25, 0.3) is 0 Å². The van der Waals surface area contributed by atoms with Crippen LogP contribution in [0.1, 0.15) is 53.9 Å². The molecule has 0 amide bonds. The van der Waals surface area contributed by atoms with Crippen LogP contribution in [0.15, 0.2) is 18.2 Å². The van der Waals surface area contributed by atoms with Crippen LogP contribution in [-0.2, 0) is 19.5 Å². The van der Waals surface area contributed by atoms with Gasteiger partial charge in [-0.2, -0.15) is 15.0 Å². The molecule has 1 aromatic heterocycles. The van der Waals surface area contributed by atoms with Gasteiger partial charge in [0.15, 0.2) is 0 Å². The van der Waals surface area contributed by atoms with Gasteiger partial charge in [-0.15, -0.1) is 0 Å². The molecule has 3 rings (SSSR count). The minimum absolute atomic E-state index is 0.444. The van der Waals surface area contributed by atoms with Crippen molar-refractivity contribution in [2.24, 2.45) is 0 Å². The number of hydrogen-bond donors (Lipinski definition) is 1. The zero-order valence-electron chi connectivity index (χ0n) is 13.2. The Morgan fingerprint density at radius 3 is 2.90 bits per heavy atom. The summed E-state index contributed by atoms with van der Waals surface area (Å²) >= 11 is 0. The molecule has 0 aliphatic heterocycles. The summed E-state index contributed by atoms with van der Waals surface area (Å²) in [6.07, 6.45) is 3.67. The van der Waals surface area contributed by atoms with Crippen LogP contribution in [0, 0.1) is 13.8 Å². The summed E-state index contributed by atoms with van der Waals surface area (Å²) in [4.78, 5) is 1.77. The van der Waals surface area contributed by atoms with Gasteiger partial charge in [-0.3, -0.25) is 0 Å². The minimum atomic E-state index is 0.444. The van der Waals surface area contributed by atoms with Gasteiger partial charge in [-0.1, -0.05) is 23.8 Å². The maximum Gasteiger partial charge on any atom is 0.0994 e. The molecule has 1 aromatic carbocycles. The highest BCUT2D eigenvalue weighted by Gasteiger charge is 2.20. The van der Waals surface area contributed by atoms with Crippen molar-refractivity contribution in [1.29, 1.82) is 0 Å². The van der Waals surface area contributed by atoms with E-state index in [0.29, 0.717) is 6.04 Å². The van der Waals surface area contributed by atoms with E-state index < -0.39 is 0 Å². The maximum absolute atomic E-state index is 4.53. The average molecular weight is 284 g/mol. The zero-order valence-corrected chi connectivity index (χ0v) is 13.2. The van der Waals surface area contributed by atoms with Gasteiger partial charge < -0.3 is 5.32 Å². The van der Waals surface area contributed by atoms with E-state index in [0.717, 1.165) is 24.5 Å². The molecule has 0 saturated heterocycles. The first-order valence-electron chi connectivity index (χ1n) is 7.90. The van der Waals surface area contributed by atoms with Crippen LogP contribution in [0.5, 0.6) is 0 Å². The van der Waals surface area contributed by atoms with Crippen molar-refractivity contribution >= 4 is 0 Å². The first-order chi connectivity index (χ1) is 10.2. The van der Waals surface area contributed by atoms with E-state index in [1.807, 2.05) is 6.92 Å². The van der Waals surface area contributed by atoms with E-state index in [1.165, 1.54) is 36.0 Å². The summed E-state index contributed by atoms with van der Waals surface area (Å²) in [7, 11) is 0. The second-order valence-electron chi connectivity index (χ2n) is 5.95. The molecule has 1 N–H and O–H groups in total. The van der Waals surface area contributed by atoms with E-state index in [-0.39, 0.29) is 0 Å². The Morgan fingerprint density at radius 2 is 2.14 bits per heavy atom. The predicted octanol–water partition coefficient (Wildman–Crippen LogP) is 3.08. The highest BCUT2D eigenvalue weighted by Crippen LogP contribution is 2.30. The predicted molar refractivity (Wildman–Crippen MR) is 84.1 cm³/mol. The highest BCUT2D eigenvalue weighted by molar-refractivity contribution is 5.35. The molecule has 0 spiro atoms. The molecule has 0 fully saturated rings. The largest absolute Gasteiger partial charge is 0.304 e. The quantitative estimate of drug-likeness (QED) is 0.938. The lowest BCUT2D eigenvalue weighted by Crippen LogP contribution is -2.25. The number of aromatic nitrogens is 3. The van der Waals surface area contributed by atoms with Gasteiger partial charge >= 0.3 is 0 Å². The molecule has 4 heteroatoms. The van der Waals surface area contributed by atoms with Crippen LogP contribution >= 0.6 is 0 Å². The summed E-state index contributed by atoms with van der Waals surface area (Å²) in [6, 6.07) is 7.29. The number of fused-ring (bicyclic) bond motifs is 1. The summed E-state index contributed by atoms with van der Waals surface area (Å²) in [6.45, 7) is 7.89. The van der Waals surface area contributed by atoms with E-state index in [1.54, 1.807) is 4.80 Å². The van der Waals surface area contributed by atoms with Gasteiger partial charge in [0.1, 0.15) is 0 Å². The molecule has 112 valence electrons. The molecule has 21 heavy (non-hydrogen) atoms. The molecule has 0 saturated carbocycles. The number of rotatable bonds is 4. The smallest absolute Gasteiger partial charge is 0.0994 e. The third-order valence-electron chi connectivity index (χ3n) is 4.33. The van der Waals surface area contributed by atoms with Crippen LogP contribution in [0.3, 0.4) is 0 Å². The molecule has 2 aromatic rings. The van der Waals surface area contributed by atoms with Crippen molar-refractivity contribution in [3.63, 3.8) is 0 Å². The Hall–Kier alpha value is -1.68. The van der Waals surface area contributed by atoms with Gasteiger partial charge in [0.2, 0.25) is 0 Å². The lowest BCUT2D eigenvalue weighted by Gasteiger charge is -2.26. The van der Waals surface area contributed by atoms with Crippen molar-refractivity contribution in [1.82, 2.24) is 20.3 Å². The Labute approximate surface area is 126 Å². The monoisotopic (exact) mass is 284 g/mol. The number of nitrogens with zero attached hydrogens (tertiary/aromatic N) is 3. The molecular formula is C17H24N4. The Bertz CT molecular complexity index is 630. The summed E-state index contributed by atoms with van der Waals surface area (Å²) in [5.41, 5.74) is 6.41. The third-order valence-corrected chi connectivity index (χ3v) is 4.33. The number of hydrogen-bond acceptors (Lipinski definition) is 3. The van der Waals surface area contributed by atoms with Gasteiger partial charge in [0.25, 0.3) is 0 Å². The SMILES string of the molecule is CCn1nc(C)c(CNC2CCCc3ccc(C)cc32)n1. The second kappa shape index (κ2) is 5.98. The molecule has 4 nitrogen and oxygen atoms in total. The van der Waals surface area contributed by atoms with Crippen LogP contribution in [0.4, 0.5) is 0 Å². The van der Waals surface area contributed by atoms with E-state index >= 15 is 0 Å². The van der Waals surface area contributed by atoms with Gasteiger partial charge in [0.05, 0.1) is 17.9 Å². The normalized spacial score (nSPS) is 17.8. The Balaban J connectivity index is 1.74. The lowest BCUT2D eigenvalue weighted by atomic mass is 9.86. The third kappa shape index (κ3) is 3.00. The first-order valence-corrected chi connectivity index (χ1v) is 7.90. The van der Waals surface area contributed by atoms with Gasteiger partial charge in [0, 0.05) is 12.6 Å². The zero-order chi connectivity index (χ0) is 14.8. The number of nitrogens with one attached hydrogen (secondary N) is 1. The van der Waals surface area contributed by atoms with Crippen molar-refractivity contribution < 1.29 is 0 Å². The highest BCUT2D eigenvalue weighted by atomic mass is 15.5. The first kappa shape index (κ1) is 14.3. The average Bonchev–Trinajstić information content (AvgIpc) is 2.85. The topological polar surface area (TPSA) is 42.7 Å². The molecule has 1 aliphatic carbocycles. The van der Waals surface area contributed by atoms with Crippen molar-refractivity contribution in [3.05, 3.63) is 46.3 Å². The fourth-order valence-electron chi connectivity index (χ4n) is 3.12. The Morgan fingerprint density at radius 1 is 1.29 bits per heavy atom. The fraction of sp³-hybridized carbons (Fsp3) is 0.529. The van der Waals surface area contributed by atoms with Gasteiger partial charge in [-0.25, -0.2) is 0 Å². The van der Waals surface area contributed by atoms with Gasteiger partial charge in [-0.05, 0) is 51.2 Å². The Kier molecular flexibility index (Phi) is 4.06. The minimum Gasteiger partial charge on any atom is -0.304 e. The number of aryl methyl sites for hydroxylation is 4. The molecule has 1 aliphatic rings. The van der Waals surface area contributed by atoms with E-state index in [2.05, 4.69) is 47.6 Å². The van der Waals surface area contributed by atoms with Crippen molar-refractivity contribution in [2.45, 2.75) is 59.2 Å². The van der Waals surface area contributed by atoms with E-state index in [4.69, 9.17) is 0 Å². The molecule has 0 bridgehead atoms. The van der Waals surface area contributed by atoms with Crippen LogP contribution in [-0.4, -0.2) is 15.0 Å². The molecule has 1 atom stereocenters. The number of benzene rings is 1. The lowest BCUT2D eigenvalue weighted by molar-refractivity contribution is 0.452. The summed E-state index contributed by atoms with van der Waals surface area (Å²) in [5.74, 6) is 0. The maximum atomic E-state index is 4.53. The van der Waals surface area contributed by atoms with Crippen molar-refractivity contribution in [3.8, 4) is 0 Å². The molecular weight excluding hydrogens is 260 g/mol. The summed E-state index contributed by atoms with van der Waals surface area (Å²) in [5, 5.41) is 12.6.